The highest BCUT2D eigenvalue weighted by Gasteiger charge is 2.32. The molecule has 0 saturated heterocycles. The fourth-order valence-electron chi connectivity index (χ4n) is 5.93. The molecule has 1 aliphatic heterocycles. The second kappa shape index (κ2) is 13.6. The zero-order valence-electron chi connectivity index (χ0n) is 27.1. The molecule has 0 unspecified atom stereocenters. The number of hydrogen-bond donors (Lipinski definition) is 1. The lowest BCUT2D eigenvalue weighted by Gasteiger charge is -2.36. The highest BCUT2D eigenvalue weighted by Crippen LogP contribution is 2.34. The molecule has 246 valence electrons. The Balaban J connectivity index is 1.43. The van der Waals surface area contributed by atoms with E-state index in [0.29, 0.717) is 29.6 Å². The van der Waals surface area contributed by atoms with Crippen LogP contribution >= 0.6 is 0 Å². The van der Waals surface area contributed by atoms with Crippen LogP contribution in [-0.2, 0) is 16.6 Å². The summed E-state index contributed by atoms with van der Waals surface area (Å²) < 4.78 is 42.0. The number of carbonyl (C=O) groups excluding carboxylic acids is 1. The Morgan fingerprint density at radius 1 is 1.04 bits per heavy atom. The second-order valence-corrected chi connectivity index (χ2v) is 14.1. The van der Waals surface area contributed by atoms with Crippen molar-refractivity contribution in [2.45, 2.75) is 83.4 Å². The van der Waals surface area contributed by atoms with Crippen LogP contribution in [0.25, 0.3) is 11.3 Å². The number of sulfonamides is 1. The van der Waals surface area contributed by atoms with Crippen LogP contribution in [0.5, 0.6) is 11.6 Å². The van der Waals surface area contributed by atoms with Gasteiger partial charge in [0.2, 0.25) is 11.8 Å². The molecule has 11 nitrogen and oxygen atoms in total. The summed E-state index contributed by atoms with van der Waals surface area (Å²) >= 11 is 0. The van der Waals surface area contributed by atoms with Crippen LogP contribution in [0.4, 0.5) is 5.95 Å². The van der Waals surface area contributed by atoms with Gasteiger partial charge >= 0.3 is 0 Å². The number of benzene rings is 2. The van der Waals surface area contributed by atoms with Crippen LogP contribution in [0, 0.1) is 19.8 Å². The number of hydrogen-bond acceptors (Lipinski definition) is 9. The van der Waals surface area contributed by atoms with Crippen LogP contribution in [0.3, 0.4) is 0 Å². The van der Waals surface area contributed by atoms with E-state index in [-0.39, 0.29) is 53.5 Å². The Morgan fingerprint density at radius 3 is 2.45 bits per heavy atom. The van der Waals surface area contributed by atoms with Crippen LogP contribution < -0.4 is 14.2 Å². The van der Waals surface area contributed by atoms with E-state index in [1.54, 1.807) is 35.5 Å². The molecule has 0 spiro atoms. The van der Waals surface area contributed by atoms with Gasteiger partial charge in [-0.25, -0.2) is 28.1 Å². The summed E-state index contributed by atoms with van der Waals surface area (Å²) in [7, 11) is -4.16. The van der Waals surface area contributed by atoms with Gasteiger partial charge in [0, 0.05) is 17.2 Å². The van der Waals surface area contributed by atoms with E-state index in [0.717, 1.165) is 42.4 Å². The molecule has 0 radical (unpaired) electrons. The van der Waals surface area contributed by atoms with Crippen molar-refractivity contribution in [2.75, 3.05) is 11.3 Å². The first-order valence-electron chi connectivity index (χ1n) is 16.1. The Morgan fingerprint density at radius 2 is 1.77 bits per heavy atom. The van der Waals surface area contributed by atoms with Crippen molar-refractivity contribution in [2.24, 2.45) is 5.92 Å². The third-order valence-electron chi connectivity index (χ3n) is 8.92. The molecule has 2 atom stereocenters. The van der Waals surface area contributed by atoms with Crippen molar-refractivity contribution in [3.63, 3.8) is 0 Å². The molecule has 6 rings (SSSR count). The number of carbonyl (C=O) groups is 1. The lowest BCUT2D eigenvalue weighted by atomic mass is 9.80. The molecule has 1 N–H and O–H groups in total. The summed E-state index contributed by atoms with van der Waals surface area (Å²) in [5.74, 6) is 1.17. The Labute approximate surface area is 275 Å². The molecule has 2 aromatic heterocycles. The fourth-order valence-corrected chi connectivity index (χ4v) is 6.92. The molecule has 1 fully saturated rings. The molecule has 2 aromatic carbocycles. The average molecular weight is 657 g/mol. The van der Waals surface area contributed by atoms with Crippen molar-refractivity contribution < 1.29 is 22.7 Å². The smallest absolute Gasteiger partial charge is 0.264 e. The Hall–Kier alpha value is -4.58. The molecule has 3 heterocycles. The SMILES string of the molecule is CC[C@@H](C)Oc1cnc(CN2C(=O)c3cccc(c3)S(=O)(=O)Nc3nc(cc(-c4c(C)cccc4C)n3)OC[C@H]2CC2CCC2)nc1. The maximum Gasteiger partial charge on any atom is 0.264 e. The van der Waals surface area contributed by atoms with E-state index >= 15 is 0 Å². The van der Waals surface area contributed by atoms with Crippen molar-refractivity contribution in [1.82, 2.24) is 24.8 Å². The largest absolute Gasteiger partial charge is 0.487 e. The summed E-state index contributed by atoms with van der Waals surface area (Å²) in [5, 5.41) is 0. The van der Waals surface area contributed by atoms with Gasteiger partial charge in [-0.05, 0) is 68.9 Å². The van der Waals surface area contributed by atoms with Crippen LogP contribution in [0.1, 0.15) is 73.3 Å². The number of aromatic nitrogens is 4. The number of rotatable bonds is 8. The minimum absolute atomic E-state index is 0.0183. The molecular formula is C35H40N6O5S. The van der Waals surface area contributed by atoms with E-state index in [9.17, 15) is 13.2 Å². The summed E-state index contributed by atoms with van der Waals surface area (Å²) in [4.78, 5) is 34.1. The highest BCUT2D eigenvalue weighted by atomic mass is 32.2. The quantitative estimate of drug-likeness (QED) is 0.238. The number of anilines is 1. The predicted molar refractivity (Wildman–Crippen MR) is 178 cm³/mol. The maximum absolute atomic E-state index is 14.3. The van der Waals surface area contributed by atoms with Gasteiger partial charge in [0.1, 0.15) is 12.4 Å². The molecule has 4 aromatic rings. The van der Waals surface area contributed by atoms with Crippen molar-refractivity contribution >= 4 is 21.9 Å². The van der Waals surface area contributed by atoms with Gasteiger partial charge in [-0.1, -0.05) is 50.5 Å². The van der Waals surface area contributed by atoms with Gasteiger partial charge in [-0.15, -0.1) is 0 Å². The highest BCUT2D eigenvalue weighted by molar-refractivity contribution is 7.92. The Bertz CT molecular complexity index is 1840. The van der Waals surface area contributed by atoms with E-state index in [1.807, 2.05) is 45.9 Å². The van der Waals surface area contributed by atoms with Crippen LogP contribution in [-0.4, -0.2) is 57.9 Å². The van der Waals surface area contributed by atoms with Crippen molar-refractivity contribution in [3.05, 3.63) is 83.4 Å². The predicted octanol–water partition coefficient (Wildman–Crippen LogP) is 6.12. The van der Waals surface area contributed by atoms with E-state index in [2.05, 4.69) is 24.7 Å². The standard InChI is InChI=1S/C35H40N6O5S/c1-5-24(4)46-28-18-36-31(37-19-28)20-41-27(15-25-11-7-12-25)21-45-32-17-30(33-22(2)9-6-10-23(33)3)38-35(39-32)40-47(43,44)29-14-8-13-26(16-29)34(41)42/h6,8-10,13-14,16-19,24-25,27H,5,7,11-12,15,20-21H2,1-4H3,(H,38,39,40)/t24-,27-/m1/s1. The molecule has 2 aliphatic rings. The topological polar surface area (TPSA) is 136 Å². The molecule has 1 amide bonds. The minimum Gasteiger partial charge on any atom is -0.487 e. The number of amides is 1. The minimum atomic E-state index is -4.16. The number of ether oxygens (including phenoxy) is 2. The number of aryl methyl sites for hydroxylation is 2. The average Bonchev–Trinajstić information content (AvgIpc) is 3.03. The molecule has 1 aliphatic carbocycles. The van der Waals surface area contributed by atoms with Gasteiger partial charge in [-0.3, -0.25) is 4.79 Å². The lowest BCUT2D eigenvalue weighted by Crippen LogP contribution is -2.45. The zero-order chi connectivity index (χ0) is 33.1. The molecule has 1 saturated carbocycles. The first-order valence-corrected chi connectivity index (χ1v) is 17.6. The van der Waals surface area contributed by atoms with Crippen LogP contribution in [0.15, 0.2) is 65.8 Å². The molecule has 4 bridgehead atoms. The van der Waals surface area contributed by atoms with Crippen LogP contribution in [0.2, 0.25) is 0 Å². The number of fused-ring (bicyclic) bond motifs is 4. The van der Waals surface area contributed by atoms with Gasteiger partial charge in [-0.2, -0.15) is 4.98 Å². The van der Waals surface area contributed by atoms with Crippen molar-refractivity contribution in [1.29, 1.82) is 0 Å². The summed E-state index contributed by atoms with van der Waals surface area (Å²) in [6.45, 7) is 8.20. The third kappa shape index (κ3) is 7.38. The normalized spacial score (nSPS) is 18.4. The molecule has 47 heavy (non-hydrogen) atoms. The van der Waals surface area contributed by atoms with E-state index in [4.69, 9.17) is 9.47 Å². The van der Waals surface area contributed by atoms with E-state index in [1.165, 1.54) is 12.1 Å². The maximum atomic E-state index is 14.3. The van der Waals surface area contributed by atoms with Gasteiger partial charge in [0.15, 0.2) is 5.75 Å². The number of nitrogens with one attached hydrogen (secondary N) is 1. The van der Waals surface area contributed by atoms with Gasteiger partial charge < -0.3 is 14.4 Å². The monoisotopic (exact) mass is 656 g/mol. The van der Waals surface area contributed by atoms with Crippen molar-refractivity contribution in [3.8, 4) is 22.9 Å². The first-order chi connectivity index (χ1) is 22.6. The summed E-state index contributed by atoms with van der Waals surface area (Å²) in [6.07, 6.45) is 8.10. The van der Waals surface area contributed by atoms with Gasteiger partial charge in [0.25, 0.3) is 15.9 Å². The second-order valence-electron chi connectivity index (χ2n) is 12.4. The number of nitrogens with zero attached hydrogens (tertiary/aromatic N) is 5. The lowest BCUT2D eigenvalue weighted by molar-refractivity contribution is 0.0504. The molecule has 12 heteroatoms. The van der Waals surface area contributed by atoms with E-state index < -0.39 is 10.0 Å². The fraction of sp³-hybridized carbons (Fsp3) is 0.400. The first kappa shape index (κ1) is 32.4. The summed E-state index contributed by atoms with van der Waals surface area (Å²) in [5.41, 5.74) is 3.59. The van der Waals surface area contributed by atoms with Gasteiger partial charge in [0.05, 0.1) is 41.7 Å². The molecular weight excluding hydrogens is 616 g/mol. The Kier molecular flexibility index (Phi) is 9.40. The summed E-state index contributed by atoms with van der Waals surface area (Å²) in [6, 6.07) is 13.3. The third-order valence-corrected chi connectivity index (χ3v) is 10.2. The zero-order valence-corrected chi connectivity index (χ0v) is 28.0.